The Balaban J connectivity index is 0.00000180. The van der Waals surface area contributed by atoms with E-state index < -0.39 is 0 Å². The minimum absolute atomic E-state index is 0. The highest BCUT2D eigenvalue weighted by atomic mass is 35.5. The third kappa shape index (κ3) is 4.83. The fraction of sp³-hybridized carbons (Fsp3) is 0.929. The van der Waals surface area contributed by atoms with Crippen molar-refractivity contribution in [1.29, 1.82) is 0 Å². The Morgan fingerprint density at radius 1 is 1.37 bits per heavy atom. The highest BCUT2D eigenvalue weighted by molar-refractivity contribution is 7.99. The monoisotopic (exact) mass is 306 g/mol. The minimum Gasteiger partial charge on any atom is -0.352 e. The van der Waals surface area contributed by atoms with E-state index in [0.29, 0.717) is 23.2 Å². The quantitative estimate of drug-likeness (QED) is 0.839. The third-order valence-corrected chi connectivity index (χ3v) is 5.48. The highest BCUT2D eigenvalue weighted by Crippen LogP contribution is 2.30. The van der Waals surface area contributed by atoms with Gasteiger partial charge in [-0.3, -0.25) is 4.79 Å². The Hall–Kier alpha value is 0.0700. The molecule has 2 unspecified atom stereocenters. The minimum atomic E-state index is 0. The molecule has 19 heavy (non-hydrogen) atoms. The van der Waals surface area contributed by atoms with Gasteiger partial charge in [0.1, 0.15) is 0 Å². The van der Waals surface area contributed by atoms with Gasteiger partial charge in [0.05, 0.1) is 0 Å². The molecule has 1 aliphatic heterocycles. The maximum absolute atomic E-state index is 12.3. The van der Waals surface area contributed by atoms with Gasteiger partial charge in [0.15, 0.2) is 0 Å². The zero-order chi connectivity index (χ0) is 13.0. The average molecular weight is 307 g/mol. The van der Waals surface area contributed by atoms with E-state index >= 15 is 0 Å². The van der Waals surface area contributed by atoms with E-state index in [2.05, 4.69) is 24.5 Å². The zero-order valence-electron chi connectivity index (χ0n) is 12.0. The maximum Gasteiger partial charge on any atom is 0.223 e. The summed E-state index contributed by atoms with van der Waals surface area (Å²) < 4.78 is 0. The smallest absolute Gasteiger partial charge is 0.223 e. The maximum atomic E-state index is 12.3. The van der Waals surface area contributed by atoms with Crippen LogP contribution in [-0.4, -0.2) is 35.5 Å². The third-order valence-electron chi connectivity index (χ3n) is 4.16. The van der Waals surface area contributed by atoms with Crippen LogP contribution in [0.2, 0.25) is 0 Å². The van der Waals surface area contributed by atoms with Crippen molar-refractivity contribution in [2.45, 2.75) is 63.3 Å². The van der Waals surface area contributed by atoms with Gasteiger partial charge >= 0.3 is 0 Å². The van der Waals surface area contributed by atoms with E-state index in [4.69, 9.17) is 0 Å². The van der Waals surface area contributed by atoms with Gasteiger partial charge in [-0.2, -0.15) is 11.8 Å². The van der Waals surface area contributed by atoms with E-state index in [0.717, 1.165) is 25.1 Å². The van der Waals surface area contributed by atoms with Gasteiger partial charge in [0, 0.05) is 23.3 Å². The predicted octanol–water partition coefficient (Wildman–Crippen LogP) is 2.59. The topological polar surface area (TPSA) is 41.1 Å². The van der Waals surface area contributed by atoms with Crippen molar-refractivity contribution in [2.24, 2.45) is 5.92 Å². The summed E-state index contributed by atoms with van der Waals surface area (Å²) in [5.41, 5.74) is 0. The fourth-order valence-electron chi connectivity index (χ4n) is 3.18. The second kappa shape index (κ2) is 8.38. The molecule has 0 aromatic carbocycles. The van der Waals surface area contributed by atoms with E-state index in [-0.39, 0.29) is 18.3 Å². The van der Waals surface area contributed by atoms with Crippen molar-refractivity contribution in [3.05, 3.63) is 0 Å². The highest BCUT2D eigenvalue weighted by Gasteiger charge is 2.31. The summed E-state index contributed by atoms with van der Waals surface area (Å²) in [5, 5.41) is 7.37. The Morgan fingerprint density at radius 2 is 2.16 bits per heavy atom. The normalized spacial score (nSPS) is 34.6. The van der Waals surface area contributed by atoms with Crippen LogP contribution in [0.1, 0.15) is 46.0 Å². The Morgan fingerprint density at radius 3 is 2.84 bits per heavy atom. The summed E-state index contributed by atoms with van der Waals surface area (Å²) in [7, 11) is 0. The van der Waals surface area contributed by atoms with Crippen molar-refractivity contribution in [3.8, 4) is 0 Å². The number of thioether (sulfide) groups is 1. The van der Waals surface area contributed by atoms with Crippen LogP contribution in [0.25, 0.3) is 0 Å². The number of rotatable bonds is 4. The summed E-state index contributed by atoms with van der Waals surface area (Å²) in [6.45, 7) is 5.36. The van der Waals surface area contributed by atoms with Crippen molar-refractivity contribution >= 4 is 30.1 Å². The first-order valence-corrected chi connectivity index (χ1v) is 8.41. The summed E-state index contributed by atoms with van der Waals surface area (Å²) in [6.07, 6.45) is 5.69. The van der Waals surface area contributed by atoms with Crippen LogP contribution in [0.15, 0.2) is 0 Å². The molecule has 1 heterocycles. The van der Waals surface area contributed by atoms with E-state index in [1.165, 1.54) is 19.3 Å². The molecule has 1 aliphatic carbocycles. The SMILES string of the molecule is CCSC1CCCC1NC(=O)[C@H]1CCN[C@@H](C)C1.Cl. The number of carbonyl (C=O) groups is 1. The molecule has 1 saturated heterocycles. The number of hydrogen-bond donors (Lipinski definition) is 2. The Labute approximate surface area is 127 Å². The lowest BCUT2D eigenvalue weighted by atomic mass is 9.92. The number of halogens is 1. The predicted molar refractivity (Wildman–Crippen MR) is 85.1 cm³/mol. The van der Waals surface area contributed by atoms with Crippen LogP contribution >= 0.6 is 24.2 Å². The van der Waals surface area contributed by atoms with Gasteiger partial charge in [-0.05, 0) is 44.9 Å². The summed E-state index contributed by atoms with van der Waals surface area (Å²) >= 11 is 2.01. The summed E-state index contributed by atoms with van der Waals surface area (Å²) in [6, 6.07) is 0.909. The zero-order valence-corrected chi connectivity index (χ0v) is 13.6. The Kier molecular flexibility index (Phi) is 7.55. The lowest BCUT2D eigenvalue weighted by Crippen LogP contribution is -2.46. The van der Waals surface area contributed by atoms with Gasteiger partial charge in [0.25, 0.3) is 0 Å². The molecule has 2 aliphatic rings. The Bertz CT molecular complexity index is 291. The molecule has 0 radical (unpaired) electrons. The van der Waals surface area contributed by atoms with Crippen LogP contribution < -0.4 is 10.6 Å². The molecule has 2 rings (SSSR count). The van der Waals surface area contributed by atoms with Crippen molar-refractivity contribution in [1.82, 2.24) is 10.6 Å². The number of amides is 1. The van der Waals surface area contributed by atoms with E-state index in [1.54, 1.807) is 0 Å². The summed E-state index contributed by atoms with van der Waals surface area (Å²) in [4.78, 5) is 12.3. The number of nitrogens with one attached hydrogen (secondary N) is 2. The van der Waals surface area contributed by atoms with Crippen LogP contribution in [0.4, 0.5) is 0 Å². The number of piperidine rings is 1. The van der Waals surface area contributed by atoms with Gasteiger partial charge in [-0.1, -0.05) is 13.3 Å². The lowest BCUT2D eigenvalue weighted by molar-refractivity contribution is -0.126. The van der Waals surface area contributed by atoms with Crippen molar-refractivity contribution in [2.75, 3.05) is 12.3 Å². The molecule has 2 N–H and O–H groups in total. The fourth-order valence-corrected chi connectivity index (χ4v) is 4.37. The first-order chi connectivity index (χ1) is 8.70. The molecule has 3 nitrogen and oxygen atoms in total. The van der Waals surface area contributed by atoms with Crippen LogP contribution in [-0.2, 0) is 4.79 Å². The standard InChI is InChI=1S/C14H26N2OS.ClH/c1-3-18-13-6-4-5-12(13)16-14(17)11-7-8-15-10(2)9-11;/h10-13,15H,3-9H2,1-2H3,(H,16,17);1H/t10-,11-,12?,13?;/m0./s1. The molecule has 4 atom stereocenters. The molecule has 1 saturated carbocycles. The average Bonchev–Trinajstić information content (AvgIpc) is 2.77. The molecule has 0 spiro atoms. The molecule has 0 aromatic rings. The van der Waals surface area contributed by atoms with E-state index in [1.807, 2.05) is 11.8 Å². The van der Waals surface area contributed by atoms with Gasteiger partial charge in [0.2, 0.25) is 5.91 Å². The van der Waals surface area contributed by atoms with Crippen LogP contribution in [0.5, 0.6) is 0 Å². The molecule has 5 heteroatoms. The van der Waals surface area contributed by atoms with Crippen LogP contribution in [0.3, 0.4) is 0 Å². The van der Waals surface area contributed by atoms with Crippen LogP contribution in [0, 0.1) is 5.92 Å². The van der Waals surface area contributed by atoms with Crippen molar-refractivity contribution < 1.29 is 4.79 Å². The molecular formula is C14H27ClN2OS. The second-order valence-electron chi connectivity index (χ2n) is 5.62. The molecule has 1 amide bonds. The van der Waals surface area contributed by atoms with Gasteiger partial charge in [-0.25, -0.2) is 0 Å². The molecular weight excluding hydrogens is 280 g/mol. The first kappa shape index (κ1) is 17.1. The number of hydrogen-bond acceptors (Lipinski definition) is 3. The van der Waals surface area contributed by atoms with E-state index in [9.17, 15) is 4.79 Å². The van der Waals surface area contributed by atoms with Crippen molar-refractivity contribution in [3.63, 3.8) is 0 Å². The largest absolute Gasteiger partial charge is 0.352 e. The number of carbonyl (C=O) groups excluding carboxylic acids is 1. The van der Waals surface area contributed by atoms with Gasteiger partial charge < -0.3 is 10.6 Å². The molecule has 0 bridgehead atoms. The molecule has 0 aromatic heterocycles. The second-order valence-corrected chi connectivity index (χ2v) is 7.13. The molecule has 112 valence electrons. The first-order valence-electron chi connectivity index (χ1n) is 7.36. The molecule has 2 fully saturated rings. The lowest BCUT2D eigenvalue weighted by Gasteiger charge is -2.29. The summed E-state index contributed by atoms with van der Waals surface area (Å²) in [5.74, 6) is 1.69. The van der Waals surface area contributed by atoms with Gasteiger partial charge in [-0.15, -0.1) is 12.4 Å².